The second kappa shape index (κ2) is 11.0. The number of aromatic nitrogens is 4. The van der Waals surface area contributed by atoms with E-state index in [0.29, 0.717) is 17.7 Å². The van der Waals surface area contributed by atoms with E-state index in [9.17, 15) is 14.3 Å². The Labute approximate surface area is 241 Å². The fraction of sp³-hybridized carbons (Fsp3) is 0.273. The summed E-state index contributed by atoms with van der Waals surface area (Å²) in [6.07, 6.45) is 5.13. The minimum absolute atomic E-state index is 0.0235. The van der Waals surface area contributed by atoms with E-state index in [0.717, 1.165) is 53.8 Å². The molecule has 0 spiro atoms. The first-order valence-electron chi connectivity index (χ1n) is 14.0. The molecule has 214 valence electrons. The minimum Gasteiger partial charge on any atom is -0.478 e. The van der Waals surface area contributed by atoms with Crippen LogP contribution in [0.3, 0.4) is 0 Å². The number of carboxylic acid groups (broad SMARTS) is 1. The first-order valence-corrected chi connectivity index (χ1v) is 14.0. The summed E-state index contributed by atoms with van der Waals surface area (Å²) in [5, 5.41) is 9.53. The van der Waals surface area contributed by atoms with Gasteiger partial charge < -0.3 is 14.4 Å². The lowest BCUT2D eigenvalue weighted by atomic mass is 10.0. The Morgan fingerprint density at radius 2 is 1.86 bits per heavy atom. The summed E-state index contributed by atoms with van der Waals surface area (Å²) >= 11 is 0. The molecule has 1 aliphatic carbocycles. The topological polar surface area (TPSA) is 90.1 Å². The molecule has 0 unspecified atom stereocenters. The van der Waals surface area contributed by atoms with Crippen LogP contribution in [0.1, 0.15) is 59.1 Å². The van der Waals surface area contributed by atoms with Gasteiger partial charge in [0.2, 0.25) is 0 Å². The van der Waals surface area contributed by atoms with Gasteiger partial charge in [-0.1, -0.05) is 25.1 Å². The lowest BCUT2D eigenvalue weighted by molar-refractivity contribution is 0.0697. The van der Waals surface area contributed by atoms with Crippen LogP contribution in [0.4, 0.5) is 8.78 Å². The number of aromatic carboxylic acids is 1. The van der Waals surface area contributed by atoms with Crippen molar-refractivity contribution in [3.63, 3.8) is 0 Å². The third-order valence-electron chi connectivity index (χ3n) is 8.15. The molecule has 2 heterocycles. The fourth-order valence-corrected chi connectivity index (χ4v) is 5.28. The van der Waals surface area contributed by atoms with Gasteiger partial charge >= 0.3 is 12.0 Å². The van der Waals surface area contributed by atoms with Crippen molar-refractivity contribution in [2.45, 2.75) is 52.7 Å². The molecule has 3 aromatic carbocycles. The summed E-state index contributed by atoms with van der Waals surface area (Å²) in [6.45, 7) is 4.68. The Morgan fingerprint density at radius 1 is 1.02 bits per heavy atom. The van der Waals surface area contributed by atoms with Gasteiger partial charge in [0.25, 0.3) is 0 Å². The number of ether oxygens (including phenoxy) is 1. The normalized spacial score (nSPS) is 13.8. The van der Waals surface area contributed by atoms with E-state index in [1.165, 1.54) is 18.3 Å². The van der Waals surface area contributed by atoms with Crippen LogP contribution in [-0.4, -0.2) is 30.6 Å². The lowest BCUT2D eigenvalue weighted by Crippen LogP contribution is -2.14. The first kappa shape index (κ1) is 27.5. The molecule has 7 nitrogen and oxygen atoms in total. The molecule has 42 heavy (non-hydrogen) atoms. The zero-order valence-corrected chi connectivity index (χ0v) is 23.4. The average molecular weight is 569 g/mol. The summed E-state index contributed by atoms with van der Waals surface area (Å²) in [5.41, 5.74) is 4.45. The number of rotatable bonds is 10. The number of hydrogen-bond acceptors (Lipinski definition) is 5. The van der Waals surface area contributed by atoms with Crippen molar-refractivity contribution in [3.05, 3.63) is 107 Å². The Hall–Kier alpha value is -4.66. The molecule has 0 saturated heterocycles. The van der Waals surface area contributed by atoms with Crippen LogP contribution >= 0.6 is 0 Å². The number of nitrogens with zero attached hydrogens (tertiary/aromatic N) is 4. The second-order valence-electron chi connectivity index (χ2n) is 11.1. The second-order valence-corrected chi connectivity index (χ2v) is 11.1. The highest BCUT2D eigenvalue weighted by atomic mass is 19.1. The smallest absolute Gasteiger partial charge is 0.335 e. The maximum Gasteiger partial charge on any atom is 0.335 e. The largest absolute Gasteiger partial charge is 0.478 e. The molecule has 0 radical (unpaired) electrons. The average Bonchev–Trinajstić information content (AvgIpc) is 3.68. The molecule has 0 atom stereocenters. The van der Waals surface area contributed by atoms with Crippen molar-refractivity contribution < 1.29 is 23.4 Å². The first-order chi connectivity index (χ1) is 20.2. The maximum atomic E-state index is 15.5. The van der Waals surface area contributed by atoms with Gasteiger partial charge in [-0.05, 0) is 85.2 Å². The van der Waals surface area contributed by atoms with Gasteiger partial charge in [-0.15, -0.1) is 0 Å². The molecule has 1 N–H and O–H groups in total. The predicted molar refractivity (Wildman–Crippen MR) is 154 cm³/mol. The number of hydrogen-bond donors (Lipinski definition) is 1. The third-order valence-corrected chi connectivity index (χ3v) is 8.15. The summed E-state index contributed by atoms with van der Waals surface area (Å²) in [6, 6.07) is 16.4. The number of fused-ring (bicyclic) bond motifs is 1. The highest BCUT2D eigenvalue weighted by molar-refractivity contribution is 5.92. The summed E-state index contributed by atoms with van der Waals surface area (Å²) in [7, 11) is 0. The van der Waals surface area contributed by atoms with E-state index in [-0.39, 0.29) is 35.0 Å². The molecular formula is C33H30F2N4O3. The van der Waals surface area contributed by atoms with Gasteiger partial charge in [0.15, 0.2) is 0 Å². The van der Waals surface area contributed by atoms with E-state index in [1.807, 2.05) is 13.0 Å². The molecule has 0 bridgehead atoms. The van der Waals surface area contributed by atoms with Crippen LogP contribution in [0.5, 0.6) is 6.01 Å². The zero-order chi connectivity index (χ0) is 29.4. The van der Waals surface area contributed by atoms with Crippen molar-refractivity contribution in [1.29, 1.82) is 0 Å². The van der Waals surface area contributed by atoms with Gasteiger partial charge in [-0.25, -0.2) is 23.5 Å². The number of halogens is 2. The molecule has 1 fully saturated rings. The molecule has 1 aliphatic rings. The van der Waals surface area contributed by atoms with Gasteiger partial charge in [0.1, 0.15) is 24.1 Å². The summed E-state index contributed by atoms with van der Waals surface area (Å²) in [4.78, 5) is 24.9. The Bertz CT molecular complexity index is 1810. The molecule has 9 heteroatoms. The van der Waals surface area contributed by atoms with E-state index in [2.05, 4.69) is 21.5 Å². The van der Waals surface area contributed by atoms with E-state index in [1.54, 1.807) is 42.5 Å². The third kappa shape index (κ3) is 5.59. The van der Waals surface area contributed by atoms with Gasteiger partial charge in [-0.3, -0.25) is 0 Å². The van der Waals surface area contributed by atoms with Gasteiger partial charge in [0.05, 0.1) is 22.3 Å². The molecule has 2 aromatic heterocycles. The Balaban J connectivity index is 1.25. The van der Waals surface area contributed by atoms with Crippen molar-refractivity contribution in [1.82, 2.24) is 19.5 Å². The SMILES string of the molecule is CCC1(Cn2c(Cc3ccc(-c4ccnc(OCc5ccc(C)cc5F)n4)c(F)c3)nc3ccc(C(=O)O)cc32)CC1. The van der Waals surface area contributed by atoms with Crippen LogP contribution in [0, 0.1) is 24.0 Å². The van der Waals surface area contributed by atoms with E-state index in [4.69, 9.17) is 9.72 Å². The highest BCUT2D eigenvalue weighted by Gasteiger charge is 2.41. The lowest BCUT2D eigenvalue weighted by Gasteiger charge is -2.17. The van der Waals surface area contributed by atoms with Crippen LogP contribution < -0.4 is 4.74 Å². The van der Waals surface area contributed by atoms with Crippen molar-refractivity contribution >= 4 is 17.0 Å². The van der Waals surface area contributed by atoms with Crippen molar-refractivity contribution in [2.75, 3.05) is 0 Å². The maximum absolute atomic E-state index is 15.5. The van der Waals surface area contributed by atoms with Crippen LogP contribution in [0.2, 0.25) is 0 Å². The molecular weight excluding hydrogens is 538 g/mol. The van der Waals surface area contributed by atoms with Crippen molar-refractivity contribution in [2.24, 2.45) is 5.41 Å². The highest BCUT2D eigenvalue weighted by Crippen LogP contribution is 2.50. The molecule has 5 aromatic rings. The Kier molecular flexibility index (Phi) is 7.18. The standard InChI is InChI=1S/C33H30F2N4O3/c1-3-33(11-12-33)19-39-29-17-22(31(40)41)7-9-28(29)37-30(39)16-21-5-8-24(26(35)15-21)27-10-13-36-32(38-27)42-18-23-6-4-20(2)14-25(23)34/h4-10,13-15,17H,3,11-12,16,18-19H2,1-2H3,(H,40,41). The van der Waals surface area contributed by atoms with Crippen LogP contribution in [-0.2, 0) is 19.6 Å². The quantitative estimate of drug-likeness (QED) is 0.193. The van der Waals surface area contributed by atoms with E-state index < -0.39 is 11.8 Å². The monoisotopic (exact) mass is 568 g/mol. The van der Waals surface area contributed by atoms with E-state index >= 15 is 4.39 Å². The Morgan fingerprint density at radius 3 is 2.57 bits per heavy atom. The van der Waals surface area contributed by atoms with Gasteiger partial charge in [0, 0.05) is 30.3 Å². The number of benzene rings is 3. The van der Waals surface area contributed by atoms with Crippen LogP contribution in [0.15, 0.2) is 66.9 Å². The number of carbonyl (C=O) groups is 1. The number of carboxylic acids is 1. The van der Waals surface area contributed by atoms with Crippen molar-refractivity contribution in [3.8, 4) is 17.3 Å². The number of imidazole rings is 1. The molecule has 1 saturated carbocycles. The predicted octanol–water partition coefficient (Wildman–Crippen LogP) is 7.14. The van der Waals surface area contributed by atoms with Gasteiger partial charge in [-0.2, -0.15) is 4.98 Å². The molecule has 0 amide bonds. The minimum atomic E-state index is -0.985. The number of aryl methyl sites for hydroxylation is 1. The van der Waals surface area contributed by atoms with Crippen LogP contribution in [0.25, 0.3) is 22.3 Å². The summed E-state index contributed by atoms with van der Waals surface area (Å²) < 4.78 is 37.3. The molecule has 6 rings (SSSR count). The molecule has 0 aliphatic heterocycles. The fourth-order valence-electron chi connectivity index (χ4n) is 5.28. The zero-order valence-electron chi connectivity index (χ0n) is 23.4. The summed E-state index contributed by atoms with van der Waals surface area (Å²) in [5.74, 6) is -1.04.